The van der Waals surface area contributed by atoms with Crippen molar-refractivity contribution in [1.82, 2.24) is 9.88 Å². The first-order chi connectivity index (χ1) is 9.61. The van der Waals surface area contributed by atoms with Crippen LogP contribution in [0.3, 0.4) is 0 Å². The van der Waals surface area contributed by atoms with Gasteiger partial charge in [0.15, 0.2) is 0 Å². The normalized spacial score (nSPS) is 11.8. The Balaban J connectivity index is 2.85. The number of nitrogens with one attached hydrogen (secondary N) is 1. The van der Waals surface area contributed by atoms with Crippen LogP contribution in [-0.4, -0.2) is 17.0 Å². The molecule has 0 unspecified atom stereocenters. The van der Waals surface area contributed by atoms with Crippen molar-refractivity contribution in [2.45, 2.75) is 33.0 Å². The van der Waals surface area contributed by atoms with Gasteiger partial charge < -0.3 is 9.88 Å². The van der Waals surface area contributed by atoms with Gasteiger partial charge in [-0.05, 0) is 18.4 Å². The smallest absolute Gasteiger partial charge is 0.355 e. The molecule has 118 valence electrons. The maximum Gasteiger partial charge on any atom is 0.417 e. The van der Waals surface area contributed by atoms with Gasteiger partial charge in [-0.3, -0.25) is 9.59 Å². The van der Waals surface area contributed by atoms with E-state index in [9.17, 15) is 22.8 Å². The number of carbonyl (C=O) groups excluding carboxylic acids is 1. The standard InChI is InChI=1S/C13H16ClF3N2O2/c1-8(2)3-4-18-11(20)7-19-6-9(13(15,16)17)5-10(14)12(19)21/h5-6,8H,3-4,7H2,1-2H3,(H,18,20). The predicted molar refractivity (Wildman–Crippen MR) is 73.2 cm³/mol. The molecule has 0 saturated heterocycles. The number of rotatable bonds is 5. The van der Waals surface area contributed by atoms with E-state index < -0.39 is 34.8 Å². The molecule has 8 heteroatoms. The number of nitrogens with zero attached hydrogens (tertiary/aromatic N) is 1. The number of aromatic nitrogens is 1. The maximum absolute atomic E-state index is 12.6. The average Bonchev–Trinajstić information content (AvgIpc) is 2.32. The van der Waals surface area contributed by atoms with Gasteiger partial charge in [-0.25, -0.2) is 0 Å². The van der Waals surface area contributed by atoms with E-state index in [2.05, 4.69) is 5.32 Å². The van der Waals surface area contributed by atoms with Gasteiger partial charge in [-0.1, -0.05) is 25.4 Å². The van der Waals surface area contributed by atoms with Crippen LogP contribution >= 0.6 is 11.6 Å². The van der Waals surface area contributed by atoms with Gasteiger partial charge >= 0.3 is 6.18 Å². The second kappa shape index (κ2) is 6.98. The lowest BCUT2D eigenvalue weighted by atomic mass is 10.1. The molecule has 1 N–H and O–H groups in total. The Bertz CT molecular complexity index is 568. The van der Waals surface area contributed by atoms with Crippen molar-refractivity contribution in [2.75, 3.05) is 6.54 Å². The van der Waals surface area contributed by atoms with Gasteiger partial charge in [0, 0.05) is 12.7 Å². The summed E-state index contributed by atoms with van der Waals surface area (Å²) in [5, 5.41) is 1.97. The largest absolute Gasteiger partial charge is 0.417 e. The first-order valence-electron chi connectivity index (χ1n) is 6.35. The third-order valence-corrected chi connectivity index (χ3v) is 3.00. The first-order valence-corrected chi connectivity index (χ1v) is 6.73. The summed E-state index contributed by atoms with van der Waals surface area (Å²) >= 11 is 5.49. The summed E-state index contributed by atoms with van der Waals surface area (Å²) in [6.07, 6.45) is -3.30. The molecule has 0 spiro atoms. The molecule has 0 radical (unpaired) electrons. The highest BCUT2D eigenvalue weighted by atomic mass is 35.5. The number of halogens is 4. The van der Waals surface area contributed by atoms with Crippen LogP contribution in [-0.2, 0) is 17.5 Å². The molecular weight excluding hydrogens is 309 g/mol. The van der Waals surface area contributed by atoms with E-state index in [0.29, 0.717) is 29.3 Å². The average molecular weight is 325 g/mol. The minimum Gasteiger partial charge on any atom is -0.355 e. The molecule has 1 heterocycles. The van der Waals surface area contributed by atoms with E-state index >= 15 is 0 Å². The fourth-order valence-corrected chi connectivity index (χ4v) is 1.81. The summed E-state index contributed by atoms with van der Waals surface area (Å²) in [5.74, 6) is -0.149. The Morgan fingerprint density at radius 2 is 2.05 bits per heavy atom. The van der Waals surface area contributed by atoms with E-state index in [1.54, 1.807) is 0 Å². The van der Waals surface area contributed by atoms with Crippen LogP contribution in [0.15, 0.2) is 17.1 Å². The van der Waals surface area contributed by atoms with Crippen LogP contribution < -0.4 is 10.9 Å². The summed E-state index contributed by atoms with van der Waals surface area (Å²) in [6, 6.07) is 0.553. The van der Waals surface area contributed by atoms with Gasteiger partial charge in [0.25, 0.3) is 5.56 Å². The van der Waals surface area contributed by atoms with E-state index in [0.717, 1.165) is 6.42 Å². The summed E-state index contributed by atoms with van der Waals surface area (Å²) in [5.41, 5.74) is -1.90. The predicted octanol–water partition coefficient (Wildman–Crippen LogP) is 2.68. The van der Waals surface area contributed by atoms with Gasteiger partial charge in [0.1, 0.15) is 11.6 Å². The number of hydrogen-bond donors (Lipinski definition) is 1. The van der Waals surface area contributed by atoms with Crippen molar-refractivity contribution in [3.8, 4) is 0 Å². The molecule has 0 bridgehead atoms. The number of carbonyl (C=O) groups is 1. The van der Waals surface area contributed by atoms with Crippen LogP contribution in [0.4, 0.5) is 13.2 Å². The van der Waals surface area contributed by atoms with Crippen molar-refractivity contribution < 1.29 is 18.0 Å². The number of alkyl halides is 3. The zero-order valence-corrected chi connectivity index (χ0v) is 12.4. The molecule has 21 heavy (non-hydrogen) atoms. The third-order valence-electron chi connectivity index (χ3n) is 2.73. The van der Waals surface area contributed by atoms with E-state index in [4.69, 9.17) is 11.6 Å². The molecular formula is C13H16ClF3N2O2. The van der Waals surface area contributed by atoms with Crippen LogP contribution in [0, 0.1) is 5.92 Å². The molecule has 4 nitrogen and oxygen atoms in total. The highest BCUT2D eigenvalue weighted by Gasteiger charge is 2.32. The van der Waals surface area contributed by atoms with Crippen LogP contribution in [0.25, 0.3) is 0 Å². The summed E-state index contributed by atoms with van der Waals surface area (Å²) < 4.78 is 38.6. The van der Waals surface area contributed by atoms with E-state index in [1.807, 2.05) is 13.8 Å². The molecule has 0 fully saturated rings. The van der Waals surface area contributed by atoms with Crippen LogP contribution in [0.1, 0.15) is 25.8 Å². The molecule has 0 aliphatic heterocycles. The lowest BCUT2D eigenvalue weighted by molar-refractivity contribution is -0.138. The molecule has 0 saturated carbocycles. The molecule has 0 aromatic carbocycles. The number of pyridine rings is 1. The highest BCUT2D eigenvalue weighted by Crippen LogP contribution is 2.29. The Labute approximate surface area is 124 Å². The lowest BCUT2D eigenvalue weighted by Gasteiger charge is -2.12. The first kappa shape index (κ1) is 17.6. The Morgan fingerprint density at radius 3 is 2.57 bits per heavy atom. The minimum absolute atomic E-state index is 0.385. The quantitative estimate of drug-likeness (QED) is 0.905. The van der Waals surface area contributed by atoms with E-state index in [-0.39, 0.29) is 0 Å². The highest BCUT2D eigenvalue weighted by molar-refractivity contribution is 6.30. The lowest BCUT2D eigenvalue weighted by Crippen LogP contribution is -2.33. The van der Waals surface area contributed by atoms with Crippen LogP contribution in [0.2, 0.25) is 5.02 Å². The second-order valence-electron chi connectivity index (χ2n) is 5.04. The topological polar surface area (TPSA) is 51.1 Å². The summed E-state index contributed by atoms with van der Waals surface area (Å²) in [6.45, 7) is 3.85. The zero-order chi connectivity index (χ0) is 16.2. The maximum atomic E-state index is 12.6. The van der Waals surface area contributed by atoms with Gasteiger partial charge in [0.2, 0.25) is 5.91 Å². The van der Waals surface area contributed by atoms with Gasteiger partial charge in [0.05, 0.1) is 5.56 Å². The molecule has 0 aliphatic rings. The van der Waals surface area contributed by atoms with Crippen molar-refractivity contribution in [1.29, 1.82) is 0 Å². The Morgan fingerprint density at radius 1 is 1.43 bits per heavy atom. The van der Waals surface area contributed by atoms with Crippen molar-refractivity contribution >= 4 is 17.5 Å². The van der Waals surface area contributed by atoms with Crippen LogP contribution in [0.5, 0.6) is 0 Å². The SMILES string of the molecule is CC(C)CCNC(=O)Cn1cc(C(F)(F)F)cc(Cl)c1=O. The molecule has 1 amide bonds. The molecule has 1 rings (SSSR count). The molecule has 1 aromatic heterocycles. The molecule has 1 aromatic rings. The third kappa shape index (κ3) is 5.41. The van der Waals surface area contributed by atoms with Crippen molar-refractivity contribution in [3.05, 3.63) is 33.2 Å². The molecule has 0 aliphatic carbocycles. The van der Waals surface area contributed by atoms with E-state index in [1.165, 1.54) is 0 Å². The monoisotopic (exact) mass is 324 g/mol. The van der Waals surface area contributed by atoms with Gasteiger partial charge in [-0.2, -0.15) is 13.2 Å². The van der Waals surface area contributed by atoms with Crippen molar-refractivity contribution in [3.63, 3.8) is 0 Å². The second-order valence-corrected chi connectivity index (χ2v) is 5.45. The Kier molecular flexibility index (Phi) is 5.83. The number of hydrogen-bond acceptors (Lipinski definition) is 2. The van der Waals surface area contributed by atoms with Crippen molar-refractivity contribution in [2.24, 2.45) is 5.92 Å². The fourth-order valence-electron chi connectivity index (χ4n) is 1.58. The number of amides is 1. The zero-order valence-electron chi connectivity index (χ0n) is 11.6. The summed E-state index contributed by atoms with van der Waals surface area (Å²) in [4.78, 5) is 23.3. The summed E-state index contributed by atoms with van der Waals surface area (Å²) in [7, 11) is 0. The fraction of sp³-hybridized carbons (Fsp3) is 0.538. The molecule has 0 atom stereocenters. The van der Waals surface area contributed by atoms with Gasteiger partial charge in [-0.15, -0.1) is 0 Å². The minimum atomic E-state index is -4.63. The Hall–Kier alpha value is -1.50.